The number of fused-ring (bicyclic) bond motifs is 1. The Morgan fingerprint density at radius 1 is 1.29 bits per heavy atom. The molecule has 0 saturated heterocycles. The van der Waals surface area contributed by atoms with Crippen LogP contribution in [0.4, 0.5) is 0 Å². The number of thioether (sulfide) groups is 1. The van der Waals surface area contributed by atoms with Gasteiger partial charge in [0.15, 0.2) is 0 Å². The van der Waals surface area contributed by atoms with Crippen LogP contribution in [0.1, 0.15) is 23.1 Å². The molecule has 1 aromatic heterocycles. The summed E-state index contributed by atoms with van der Waals surface area (Å²) in [5, 5.41) is 3.70. The van der Waals surface area contributed by atoms with Gasteiger partial charge in [0.2, 0.25) is 5.91 Å². The Balaban J connectivity index is 2.11. The molecule has 0 fully saturated rings. The molecule has 1 unspecified atom stereocenters. The summed E-state index contributed by atoms with van der Waals surface area (Å²) in [6, 6.07) is 3.39. The Morgan fingerprint density at radius 2 is 2.00 bits per heavy atom. The molecule has 24 heavy (non-hydrogen) atoms. The predicted octanol–water partition coefficient (Wildman–Crippen LogP) is 3.00. The average molecular weight is 349 g/mol. The summed E-state index contributed by atoms with van der Waals surface area (Å²) < 4.78 is 10.3. The van der Waals surface area contributed by atoms with Crippen LogP contribution in [0.15, 0.2) is 22.8 Å². The van der Waals surface area contributed by atoms with Crippen molar-refractivity contribution in [2.45, 2.75) is 32.7 Å². The molecule has 1 atom stereocenters. The smallest absolute Gasteiger partial charge is 0.328 e. The maximum atomic E-state index is 12.3. The molecular formula is C18H23NO4S. The lowest BCUT2D eigenvalue weighted by atomic mass is 10.0. The van der Waals surface area contributed by atoms with Gasteiger partial charge >= 0.3 is 5.97 Å². The number of carbonyl (C=O) groups excluding carboxylic acids is 2. The fourth-order valence-corrected chi connectivity index (χ4v) is 2.99. The van der Waals surface area contributed by atoms with Crippen LogP contribution in [-0.2, 0) is 20.7 Å². The van der Waals surface area contributed by atoms with E-state index in [0.29, 0.717) is 6.42 Å². The number of rotatable bonds is 7. The number of aryl methyl sites for hydroxylation is 2. The van der Waals surface area contributed by atoms with E-state index in [4.69, 9.17) is 9.15 Å². The number of hydrogen-bond donors (Lipinski definition) is 1. The van der Waals surface area contributed by atoms with Gasteiger partial charge in [-0.15, -0.1) is 0 Å². The highest BCUT2D eigenvalue weighted by Gasteiger charge is 2.22. The van der Waals surface area contributed by atoms with Gasteiger partial charge in [-0.1, -0.05) is 0 Å². The number of carbonyl (C=O) groups is 2. The summed E-state index contributed by atoms with van der Waals surface area (Å²) in [5.41, 5.74) is 3.89. The SMILES string of the molecule is COC(=O)C(CCSC)NC(=O)Cc1coc2cc(C)c(C)cc12. The molecule has 0 saturated carbocycles. The van der Waals surface area contributed by atoms with Gasteiger partial charge in [0.25, 0.3) is 0 Å². The van der Waals surface area contributed by atoms with Crippen LogP contribution in [0.5, 0.6) is 0 Å². The Morgan fingerprint density at radius 3 is 2.67 bits per heavy atom. The Bertz CT molecular complexity index is 738. The Kier molecular flexibility index (Phi) is 6.31. The van der Waals surface area contributed by atoms with Crippen molar-refractivity contribution in [3.05, 3.63) is 35.1 Å². The molecule has 0 radical (unpaired) electrons. The Labute approximate surface area is 146 Å². The molecule has 0 aliphatic carbocycles. The molecule has 5 nitrogen and oxygen atoms in total. The van der Waals surface area contributed by atoms with E-state index in [0.717, 1.165) is 33.4 Å². The van der Waals surface area contributed by atoms with Crippen molar-refractivity contribution in [2.24, 2.45) is 0 Å². The second-order valence-electron chi connectivity index (χ2n) is 5.80. The lowest BCUT2D eigenvalue weighted by Gasteiger charge is -2.15. The highest BCUT2D eigenvalue weighted by molar-refractivity contribution is 7.98. The number of benzene rings is 1. The van der Waals surface area contributed by atoms with Gasteiger partial charge < -0.3 is 14.5 Å². The normalized spacial score (nSPS) is 12.2. The lowest BCUT2D eigenvalue weighted by molar-refractivity contribution is -0.145. The zero-order valence-electron chi connectivity index (χ0n) is 14.5. The number of furan rings is 1. The molecule has 6 heteroatoms. The Hall–Kier alpha value is -1.95. The zero-order chi connectivity index (χ0) is 17.7. The largest absolute Gasteiger partial charge is 0.467 e. The van der Waals surface area contributed by atoms with Crippen molar-refractivity contribution < 1.29 is 18.7 Å². The number of esters is 1. The van der Waals surface area contributed by atoms with Gasteiger partial charge in [0.05, 0.1) is 19.8 Å². The van der Waals surface area contributed by atoms with E-state index in [2.05, 4.69) is 5.32 Å². The molecule has 2 rings (SSSR count). The summed E-state index contributed by atoms with van der Waals surface area (Å²) in [6.45, 7) is 4.05. The second kappa shape index (κ2) is 8.24. The molecule has 130 valence electrons. The standard InChI is InChI=1S/C18H23NO4S/c1-11-7-14-13(10-23-16(14)8-12(11)2)9-17(20)19-15(5-6-24-4)18(21)22-3/h7-8,10,15H,5-6,9H2,1-4H3,(H,19,20). The molecule has 1 heterocycles. The van der Waals surface area contributed by atoms with Crippen molar-refractivity contribution in [3.63, 3.8) is 0 Å². The van der Waals surface area contributed by atoms with Crippen LogP contribution in [0.25, 0.3) is 11.0 Å². The monoisotopic (exact) mass is 349 g/mol. The number of hydrogen-bond acceptors (Lipinski definition) is 5. The highest BCUT2D eigenvalue weighted by Crippen LogP contribution is 2.25. The van der Waals surface area contributed by atoms with E-state index in [1.807, 2.05) is 32.2 Å². The number of methoxy groups -OCH3 is 1. The van der Waals surface area contributed by atoms with Crippen LogP contribution in [-0.4, -0.2) is 37.0 Å². The van der Waals surface area contributed by atoms with E-state index >= 15 is 0 Å². The summed E-state index contributed by atoms with van der Waals surface area (Å²) in [4.78, 5) is 24.1. The minimum absolute atomic E-state index is 0.169. The third-order valence-electron chi connectivity index (χ3n) is 4.05. The first-order valence-electron chi connectivity index (χ1n) is 7.79. The molecular weight excluding hydrogens is 326 g/mol. The summed E-state index contributed by atoms with van der Waals surface area (Å²) in [6.07, 6.45) is 4.28. The molecule has 1 N–H and O–H groups in total. The second-order valence-corrected chi connectivity index (χ2v) is 6.78. The van der Waals surface area contributed by atoms with Crippen molar-refractivity contribution in [1.82, 2.24) is 5.32 Å². The number of nitrogens with one attached hydrogen (secondary N) is 1. The number of ether oxygens (including phenoxy) is 1. The van der Waals surface area contributed by atoms with Crippen molar-refractivity contribution in [3.8, 4) is 0 Å². The fourth-order valence-electron chi connectivity index (χ4n) is 2.52. The minimum atomic E-state index is -0.614. The summed E-state index contributed by atoms with van der Waals surface area (Å²) in [7, 11) is 1.33. The quantitative estimate of drug-likeness (QED) is 0.778. The van der Waals surface area contributed by atoms with Gasteiger partial charge in [0.1, 0.15) is 11.6 Å². The first-order chi connectivity index (χ1) is 11.5. The topological polar surface area (TPSA) is 68.5 Å². The van der Waals surface area contributed by atoms with Gasteiger partial charge in [-0.25, -0.2) is 4.79 Å². The predicted molar refractivity (Wildman–Crippen MR) is 96.3 cm³/mol. The van der Waals surface area contributed by atoms with Crippen molar-refractivity contribution in [1.29, 1.82) is 0 Å². The van der Waals surface area contributed by atoms with E-state index < -0.39 is 12.0 Å². The van der Waals surface area contributed by atoms with E-state index in [-0.39, 0.29) is 12.3 Å². The molecule has 0 aliphatic heterocycles. The third kappa shape index (κ3) is 4.32. The lowest BCUT2D eigenvalue weighted by Crippen LogP contribution is -2.42. The van der Waals surface area contributed by atoms with E-state index in [1.165, 1.54) is 7.11 Å². The molecule has 0 spiro atoms. The average Bonchev–Trinajstić information content (AvgIpc) is 2.93. The first kappa shape index (κ1) is 18.4. The molecule has 1 amide bonds. The molecule has 2 aromatic rings. The van der Waals surface area contributed by atoms with Gasteiger partial charge in [0, 0.05) is 10.9 Å². The van der Waals surface area contributed by atoms with E-state index in [9.17, 15) is 9.59 Å². The van der Waals surface area contributed by atoms with Crippen molar-refractivity contribution in [2.75, 3.05) is 19.1 Å². The zero-order valence-corrected chi connectivity index (χ0v) is 15.3. The molecule has 1 aromatic carbocycles. The van der Waals surface area contributed by atoms with Gasteiger partial charge in [-0.3, -0.25) is 4.79 Å². The first-order valence-corrected chi connectivity index (χ1v) is 9.19. The van der Waals surface area contributed by atoms with E-state index in [1.54, 1.807) is 18.0 Å². The van der Waals surface area contributed by atoms with Gasteiger partial charge in [-0.05, 0) is 55.5 Å². The van der Waals surface area contributed by atoms with Crippen LogP contribution in [0.2, 0.25) is 0 Å². The summed E-state index contributed by atoms with van der Waals surface area (Å²) >= 11 is 1.62. The van der Waals surface area contributed by atoms with Crippen molar-refractivity contribution >= 4 is 34.6 Å². The van der Waals surface area contributed by atoms with Crippen LogP contribution >= 0.6 is 11.8 Å². The van der Waals surface area contributed by atoms with Gasteiger partial charge in [-0.2, -0.15) is 11.8 Å². The highest BCUT2D eigenvalue weighted by atomic mass is 32.2. The van der Waals surface area contributed by atoms with Crippen LogP contribution < -0.4 is 5.32 Å². The molecule has 0 aliphatic rings. The van der Waals surface area contributed by atoms with Crippen LogP contribution in [0.3, 0.4) is 0 Å². The summed E-state index contributed by atoms with van der Waals surface area (Å²) in [5.74, 6) is 0.140. The molecule has 0 bridgehead atoms. The maximum Gasteiger partial charge on any atom is 0.328 e. The number of amides is 1. The maximum absolute atomic E-state index is 12.3. The fraction of sp³-hybridized carbons (Fsp3) is 0.444. The van der Waals surface area contributed by atoms with Crippen LogP contribution in [0, 0.1) is 13.8 Å². The third-order valence-corrected chi connectivity index (χ3v) is 4.70. The minimum Gasteiger partial charge on any atom is -0.467 e.